The van der Waals surface area contributed by atoms with Gasteiger partial charge in [-0.05, 0) is 24.3 Å². The van der Waals surface area contributed by atoms with Gasteiger partial charge >= 0.3 is 0 Å². The molecule has 16 heavy (non-hydrogen) atoms. The molecule has 1 amide bonds. The largest absolute Gasteiger partial charge is 0.497 e. The number of nitrogens with one attached hydrogen (secondary N) is 1. The zero-order chi connectivity index (χ0) is 12.0. The van der Waals surface area contributed by atoms with E-state index < -0.39 is 0 Å². The van der Waals surface area contributed by atoms with Crippen molar-refractivity contribution in [3.05, 3.63) is 29.8 Å². The molecule has 0 unspecified atom stereocenters. The number of amides is 1. The Labute approximate surface area is 94.6 Å². The third kappa shape index (κ3) is 3.38. The number of Topliss-reactive ketones (excluding diaryl/α,β-unsaturated/α-hetero) is 1. The fraction of sp³-hybridized carbons (Fsp3) is 0.333. The molecular weight excluding hydrogens is 206 g/mol. The van der Waals surface area contributed by atoms with E-state index in [1.807, 2.05) is 0 Å². The van der Waals surface area contributed by atoms with Crippen molar-refractivity contribution < 1.29 is 14.3 Å². The fourth-order valence-electron chi connectivity index (χ4n) is 1.15. The van der Waals surface area contributed by atoms with Gasteiger partial charge in [-0.25, -0.2) is 0 Å². The second-order valence-corrected chi connectivity index (χ2v) is 3.30. The molecule has 0 aliphatic heterocycles. The van der Waals surface area contributed by atoms with Crippen molar-refractivity contribution in [1.82, 2.24) is 5.32 Å². The third-order valence-corrected chi connectivity index (χ3v) is 2.19. The Bertz CT molecular complexity index is 370. The van der Waals surface area contributed by atoms with Gasteiger partial charge in [0.05, 0.1) is 13.7 Å². The van der Waals surface area contributed by atoms with Crippen molar-refractivity contribution >= 4 is 11.7 Å². The maximum Gasteiger partial charge on any atom is 0.251 e. The molecule has 0 aromatic heterocycles. The molecule has 0 radical (unpaired) electrons. The lowest BCUT2D eigenvalue weighted by Gasteiger charge is -2.04. The minimum Gasteiger partial charge on any atom is -0.497 e. The lowest BCUT2D eigenvalue weighted by molar-refractivity contribution is -0.117. The highest BCUT2D eigenvalue weighted by Crippen LogP contribution is 2.10. The van der Waals surface area contributed by atoms with E-state index in [9.17, 15) is 9.59 Å². The van der Waals surface area contributed by atoms with Crippen LogP contribution in [0.25, 0.3) is 0 Å². The van der Waals surface area contributed by atoms with E-state index in [-0.39, 0.29) is 18.2 Å². The molecule has 1 rings (SSSR count). The molecule has 0 atom stereocenters. The molecule has 0 saturated heterocycles. The number of carbonyl (C=O) groups is 2. The first-order valence-electron chi connectivity index (χ1n) is 5.11. The van der Waals surface area contributed by atoms with Gasteiger partial charge in [0.15, 0.2) is 5.78 Å². The quantitative estimate of drug-likeness (QED) is 0.817. The van der Waals surface area contributed by atoms with Gasteiger partial charge in [0.1, 0.15) is 5.75 Å². The molecule has 0 saturated carbocycles. The Hall–Kier alpha value is -1.84. The zero-order valence-corrected chi connectivity index (χ0v) is 9.45. The minimum absolute atomic E-state index is 0.0156. The van der Waals surface area contributed by atoms with Gasteiger partial charge in [0.2, 0.25) is 0 Å². The third-order valence-electron chi connectivity index (χ3n) is 2.19. The summed E-state index contributed by atoms with van der Waals surface area (Å²) < 4.78 is 4.98. The topological polar surface area (TPSA) is 55.4 Å². The molecule has 0 fully saturated rings. The number of ether oxygens (including phenoxy) is 1. The molecule has 4 heteroatoms. The predicted octanol–water partition coefficient (Wildman–Crippen LogP) is 1.40. The summed E-state index contributed by atoms with van der Waals surface area (Å²) in [6, 6.07) is 6.72. The number of carbonyl (C=O) groups excluding carboxylic acids is 2. The van der Waals surface area contributed by atoms with Gasteiger partial charge in [-0.1, -0.05) is 6.92 Å². The van der Waals surface area contributed by atoms with Crippen LogP contribution in [0.4, 0.5) is 0 Å². The lowest BCUT2D eigenvalue weighted by atomic mass is 10.2. The molecule has 86 valence electrons. The maximum atomic E-state index is 11.6. The van der Waals surface area contributed by atoms with E-state index >= 15 is 0 Å². The second kappa shape index (κ2) is 5.90. The van der Waals surface area contributed by atoms with Gasteiger partial charge in [-0.3, -0.25) is 9.59 Å². The fourth-order valence-corrected chi connectivity index (χ4v) is 1.15. The summed E-state index contributed by atoms with van der Waals surface area (Å²) in [5.74, 6) is 0.465. The van der Waals surface area contributed by atoms with Crippen LogP contribution in [0.2, 0.25) is 0 Å². The number of methoxy groups -OCH3 is 1. The van der Waals surface area contributed by atoms with Gasteiger partial charge < -0.3 is 10.1 Å². The SMILES string of the molecule is CCC(=O)CNC(=O)c1ccc(OC)cc1. The normalized spacial score (nSPS) is 9.62. The van der Waals surface area contributed by atoms with Crippen molar-refractivity contribution in [2.24, 2.45) is 0 Å². The van der Waals surface area contributed by atoms with Crippen molar-refractivity contribution in [2.45, 2.75) is 13.3 Å². The Balaban J connectivity index is 2.56. The summed E-state index contributed by atoms with van der Waals surface area (Å²) in [4.78, 5) is 22.6. The molecule has 1 N–H and O–H groups in total. The van der Waals surface area contributed by atoms with Gasteiger partial charge in [-0.15, -0.1) is 0 Å². The minimum atomic E-state index is -0.246. The van der Waals surface area contributed by atoms with Crippen LogP contribution in [-0.2, 0) is 4.79 Å². The van der Waals surface area contributed by atoms with Gasteiger partial charge in [0.25, 0.3) is 5.91 Å². The number of benzene rings is 1. The van der Waals surface area contributed by atoms with E-state index in [1.165, 1.54) is 0 Å². The van der Waals surface area contributed by atoms with Crippen LogP contribution in [-0.4, -0.2) is 25.3 Å². The van der Waals surface area contributed by atoms with E-state index in [1.54, 1.807) is 38.3 Å². The van der Waals surface area contributed by atoms with Gasteiger partial charge in [-0.2, -0.15) is 0 Å². The average Bonchev–Trinajstić information content (AvgIpc) is 2.35. The Morgan fingerprint density at radius 2 is 1.88 bits per heavy atom. The van der Waals surface area contributed by atoms with E-state index in [4.69, 9.17) is 4.74 Å². The highest BCUT2D eigenvalue weighted by molar-refractivity contribution is 5.96. The summed E-state index contributed by atoms with van der Waals surface area (Å²) >= 11 is 0. The Morgan fingerprint density at radius 3 is 2.38 bits per heavy atom. The molecule has 0 aliphatic rings. The van der Waals surface area contributed by atoms with E-state index in [0.717, 1.165) is 0 Å². The first-order valence-corrected chi connectivity index (χ1v) is 5.11. The first-order chi connectivity index (χ1) is 7.67. The van der Waals surface area contributed by atoms with Crippen molar-refractivity contribution in [2.75, 3.05) is 13.7 Å². The number of hydrogen-bond acceptors (Lipinski definition) is 3. The van der Waals surface area contributed by atoms with Crippen molar-refractivity contribution in [3.8, 4) is 5.75 Å². The summed E-state index contributed by atoms with van der Waals surface area (Å²) in [6.07, 6.45) is 0.433. The predicted molar refractivity (Wildman–Crippen MR) is 60.6 cm³/mol. The maximum absolute atomic E-state index is 11.6. The summed E-state index contributed by atoms with van der Waals surface area (Å²) in [5, 5.41) is 2.56. The van der Waals surface area contributed by atoms with Crippen LogP contribution in [0, 0.1) is 0 Å². The van der Waals surface area contributed by atoms with E-state index in [2.05, 4.69) is 5.32 Å². The van der Waals surface area contributed by atoms with Crippen LogP contribution in [0.15, 0.2) is 24.3 Å². The second-order valence-electron chi connectivity index (χ2n) is 3.30. The lowest BCUT2D eigenvalue weighted by Crippen LogP contribution is -2.29. The number of hydrogen-bond donors (Lipinski definition) is 1. The highest BCUT2D eigenvalue weighted by atomic mass is 16.5. The molecule has 1 aromatic rings. The van der Waals surface area contributed by atoms with Crippen LogP contribution in [0.5, 0.6) is 5.75 Å². The standard InChI is InChI=1S/C12H15NO3/c1-3-10(14)8-13-12(15)9-4-6-11(16-2)7-5-9/h4-7H,3,8H2,1-2H3,(H,13,15). The van der Waals surface area contributed by atoms with Crippen LogP contribution in [0.3, 0.4) is 0 Å². The zero-order valence-electron chi connectivity index (χ0n) is 9.45. The Kier molecular flexibility index (Phi) is 4.51. The van der Waals surface area contributed by atoms with Crippen molar-refractivity contribution in [1.29, 1.82) is 0 Å². The molecule has 0 spiro atoms. The summed E-state index contributed by atoms with van der Waals surface area (Å²) in [6.45, 7) is 1.85. The van der Waals surface area contributed by atoms with Crippen molar-refractivity contribution in [3.63, 3.8) is 0 Å². The highest BCUT2D eigenvalue weighted by Gasteiger charge is 2.06. The molecule has 1 aromatic carbocycles. The molecule has 0 heterocycles. The molecular formula is C12H15NO3. The number of ketones is 1. The Morgan fingerprint density at radius 1 is 1.25 bits per heavy atom. The summed E-state index contributed by atoms with van der Waals surface area (Å²) in [7, 11) is 1.56. The van der Waals surface area contributed by atoms with E-state index in [0.29, 0.717) is 17.7 Å². The molecule has 4 nitrogen and oxygen atoms in total. The summed E-state index contributed by atoms with van der Waals surface area (Å²) in [5.41, 5.74) is 0.518. The molecule has 0 bridgehead atoms. The molecule has 0 aliphatic carbocycles. The smallest absolute Gasteiger partial charge is 0.251 e. The average molecular weight is 221 g/mol. The van der Waals surface area contributed by atoms with Gasteiger partial charge in [0, 0.05) is 12.0 Å². The first kappa shape index (κ1) is 12.2. The monoisotopic (exact) mass is 221 g/mol. The van der Waals surface area contributed by atoms with Crippen LogP contribution in [0.1, 0.15) is 23.7 Å². The van der Waals surface area contributed by atoms with Crippen LogP contribution < -0.4 is 10.1 Å². The number of rotatable bonds is 5. The van der Waals surface area contributed by atoms with Crippen LogP contribution >= 0.6 is 0 Å².